The van der Waals surface area contributed by atoms with Crippen molar-refractivity contribution in [3.8, 4) is 11.4 Å². The van der Waals surface area contributed by atoms with Crippen LogP contribution in [0.5, 0.6) is 0 Å². The molecule has 2 fully saturated rings. The molecular weight excluding hydrogens is 434 g/mol. The molecule has 2 aliphatic rings. The average molecular weight is 462 g/mol. The van der Waals surface area contributed by atoms with Gasteiger partial charge in [0.15, 0.2) is 5.82 Å². The molecule has 0 bridgehead atoms. The van der Waals surface area contributed by atoms with E-state index in [1.54, 1.807) is 30.3 Å². The molecule has 32 heavy (non-hydrogen) atoms. The van der Waals surface area contributed by atoms with E-state index in [2.05, 4.69) is 20.2 Å². The van der Waals surface area contributed by atoms with Crippen LogP contribution in [0.4, 0.5) is 11.5 Å². The molecule has 2 heterocycles. The molecule has 4 rings (SSSR count). The maximum Gasteiger partial charge on any atom is 0.240 e. The zero-order chi connectivity index (χ0) is 22.9. The van der Waals surface area contributed by atoms with Gasteiger partial charge in [0.2, 0.25) is 11.8 Å². The Labute approximate surface area is 187 Å². The molecule has 1 saturated carbocycles. The fourth-order valence-electron chi connectivity index (χ4n) is 3.58. The van der Waals surface area contributed by atoms with E-state index in [-0.39, 0.29) is 5.75 Å². The van der Waals surface area contributed by atoms with Gasteiger partial charge in [-0.05, 0) is 37.1 Å². The Bertz CT molecular complexity index is 1010. The molecule has 0 radical (unpaired) electrons. The highest BCUT2D eigenvalue weighted by Crippen LogP contribution is 2.46. The molecule has 1 aromatic heterocycles. The third kappa shape index (κ3) is 5.01. The first-order valence-corrected chi connectivity index (χ1v) is 12.4. The van der Waals surface area contributed by atoms with Crippen LogP contribution in [0.15, 0.2) is 30.3 Å². The van der Waals surface area contributed by atoms with Crippen LogP contribution in [0.2, 0.25) is 0 Å². The molecule has 2 amide bonds. The first kappa shape index (κ1) is 22.5. The van der Waals surface area contributed by atoms with Gasteiger partial charge in [-0.2, -0.15) is 10.6 Å². The van der Waals surface area contributed by atoms with Crippen LogP contribution in [-0.2, 0) is 20.1 Å². The molecule has 11 heteroatoms. The summed E-state index contributed by atoms with van der Waals surface area (Å²) in [6.07, 6.45) is 2.32. The molecule has 1 aliphatic heterocycles. The van der Waals surface area contributed by atoms with E-state index >= 15 is 0 Å². The number of morpholine rings is 1. The Morgan fingerprint density at radius 3 is 2.41 bits per heavy atom. The summed E-state index contributed by atoms with van der Waals surface area (Å²) in [6.45, 7) is 2.56. The highest BCUT2D eigenvalue weighted by Gasteiger charge is 2.55. The summed E-state index contributed by atoms with van der Waals surface area (Å²) in [6, 6.07) is 8.74. The molecule has 0 spiro atoms. The van der Waals surface area contributed by atoms with Gasteiger partial charge in [0, 0.05) is 36.7 Å². The van der Waals surface area contributed by atoms with Crippen molar-refractivity contribution in [2.75, 3.05) is 42.8 Å². The van der Waals surface area contributed by atoms with E-state index in [0.717, 1.165) is 0 Å². The minimum atomic E-state index is -2.78. The van der Waals surface area contributed by atoms with Crippen LogP contribution in [-0.4, -0.2) is 63.4 Å². The lowest BCUT2D eigenvalue weighted by Crippen LogP contribution is -2.37. The number of rotatable bonds is 7. The normalized spacial score (nSPS) is 18.2. The largest absolute Gasteiger partial charge is 0.378 e. The van der Waals surface area contributed by atoms with Crippen molar-refractivity contribution < 1.29 is 23.4 Å². The molecule has 172 valence electrons. The molecular formula is C21H27N5O5S. The van der Waals surface area contributed by atoms with Crippen LogP contribution in [0, 0.1) is 5.41 Å². The Morgan fingerprint density at radius 2 is 1.84 bits per heavy atom. The molecule has 1 aliphatic carbocycles. The maximum atomic E-state index is 12.4. The molecule has 1 saturated heterocycles. The SMILES string of the molecule is CS(O)(O)Cc1cc(N2CCOCC2)nc(-c2ccc(NC(=O)C3(C(N)=O)CC3)cc2)n1. The van der Waals surface area contributed by atoms with Crippen LogP contribution in [0.3, 0.4) is 0 Å². The van der Waals surface area contributed by atoms with Gasteiger partial charge in [0.25, 0.3) is 0 Å². The Balaban J connectivity index is 1.58. The number of benzene rings is 1. The number of aromatic nitrogens is 2. The number of anilines is 2. The topological polar surface area (TPSA) is 151 Å². The third-order valence-electron chi connectivity index (χ3n) is 5.58. The Morgan fingerprint density at radius 1 is 1.19 bits per heavy atom. The van der Waals surface area contributed by atoms with E-state index < -0.39 is 27.8 Å². The van der Waals surface area contributed by atoms with Crippen molar-refractivity contribution in [1.82, 2.24) is 9.97 Å². The highest BCUT2D eigenvalue weighted by atomic mass is 32.3. The summed E-state index contributed by atoms with van der Waals surface area (Å²) in [4.78, 5) is 35.2. The number of primary amides is 1. The number of carbonyl (C=O) groups excluding carboxylic acids is 2. The van der Waals surface area contributed by atoms with E-state index in [4.69, 9.17) is 10.5 Å². The van der Waals surface area contributed by atoms with E-state index in [1.165, 1.54) is 6.26 Å². The van der Waals surface area contributed by atoms with Crippen molar-refractivity contribution in [3.63, 3.8) is 0 Å². The second-order valence-corrected chi connectivity index (χ2v) is 10.5. The number of carbonyl (C=O) groups is 2. The number of amides is 2. The fraction of sp³-hybridized carbons (Fsp3) is 0.429. The van der Waals surface area contributed by atoms with Crippen LogP contribution < -0.4 is 16.0 Å². The summed E-state index contributed by atoms with van der Waals surface area (Å²) >= 11 is 0. The number of nitrogens with zero attached hydrogens (tertiary/aromatic N) is 3. The number of ether oxygens (including phenoxy) is 1. The van der Waals surface area contributed by atoms with Gasteiger partial charge in [-0.15, -0.1) is 0 Å². The summed E-state index contributed by atoms with van der Waals surface area (Å²) < 4.78 is 25.3. The van der Waals surface area contributed by atoms with E-state index in [1.807, 2.05) is 0 Å². The van der Waals surface area contributed by atoms with Crippen molar-refractivity contribution in [1.29, 1.82) is 0 Å². The predicted octanol–water partition coefficient (Wildman–Crippen LogP) is 2.06. The van der Waals surface area contributed by atoms with Gasteiger partial charge in [-0.25, -0.2) is 9.97 Å². The molecule has 2 aromatic rings. The number of nitrogens with two attached hydrogens (primary N) is 1. The monoisotopic (exact) mass is 461 g/mol. The molecule has 10 nitrogen and oxygen atoms in total. The first-order chi connectivity index (χ1) is 15.2. The van der Waals surface area contributed by atoms with Crippen LogP contribution in [0.1, 0.15) is 18.5 Å². The van der Waals surface area contributed by atoms with E-state index in [0.29, 0.717) is 67.7 Å². The standard InChI is InChI=1S/C21H27N5O5S/c1-32(29,30)13-16-12-17(26-8-10-31-11-9-26)25-18(23-16)14-2-4-15(5-3-14)24-20(28)21(6-7-21)19(22)27/h2-5,12,29-30H,6-11,13H2,1H3,(H2,22,27)(H,24,28). The molecule has 0 atom stereocenters. The molecule has 0 unspecified atom stereocenters. The predicted molar refractivity (Wildman–Crippen MR) is 122 cm³/mol. The minimum Gasteiger partial charge on any atom is -0.378 e. The number of hydrogen-bond donors (Lipinski definition) is 4. The van der Waals surface area contributed by atoms with Gasteiger partial charge in [0.1, 0.15) is 11.2 Å². The van der Waals surface area contributed by atoms with E-state index in [9.17, 15) is 18.7 Å². The van der Waals surface area contributed by atoms with Crippen molar-refractivity contribution >= 4 is 33.9 Å². The lowest BCUT2D eigenvalue weighted by molar-refractivity contribution is -0.132. The van der Waals surface area contributed by atoms with Crippen molar-refractivity contribution in [3.05, 3.63) is 36.0 Å². The van der Waals surface area contributed by atoms with Crippen molar-refractivity contribution in [2.45, 2.75) is 18.6 Å². The molecule has 1 aromatic carbocycles. The quantitative estimate of drug-likeness (QED) is 0.458. The fourth-order valence-corrected chi connectivity index (χ4v) is 4.29. The summed E-state index contributed by atoms with van der Waals surface area (Å²) in [7, 11) is -2.78. The lowest BCUT2D eigenvalue weighted by atomic mass is 10.1. The zero-order valence-electron chi connectivity index (χ0n) is 17.8. The van der Waals surface area contributed by atoms with Crippen LogP contribution in [0.25, 0.3) is 11.4 Å². The van der Waals surface area contributed by atoms with Gasteiger partial charge in [0.05, 0.1) is 24.7 Å². The number of hydrogen-bond acceptors (Lipinski definition) is 8. The maximum absolute atomic E-state index is 12.4. The van der Waals surface area contributed by atoms with Gasteiger partial charge < -0.3 is 20.7 Å². The second kappa shape index (κ2) is 8.66. The highest BCUT2D eigenvalue weighted by molar-refractivity contribution is 8.23. The number of nitrogens with one attached hydrogen (secondary N) is 1. The molecule has 5 N–H and O–H groups in total. The Kier molecular flexibility index (Phi) is 6.08. The lowest BCUT2D eigenvalue weighted by Gasteiger charge is -2.30. The second-order valence-electron chi connectivity index (χ2n) is 8.26. The third-order valence-corrected chi connectivity index (χ3v) is 6.42. The smallest absolute Gasteiger partial charge is 0.240 e. The minimum absolute atomic E-state index is 0.0310. The van der Waals surface area contributed by atoms with Crippen molar-refractivity contribution in [2.24, 2.45) is 11.1 Å². The Hall–Kier alpha value is -2.73. The summed E-state index contributed by atoms with van der Waals surface area (Å²) in [5, 5.41) is 2.74. The first-order valence-electron chi connectivity index (χ1n) is 10.3. The summed E-state index contributed by atoms with van der Waals surface area (Å²) in [5.41, 5.74) is 6.06. The van der Waals surface area contributed by atoms with Gasteiger partial charge in [-0.1, -0.05) is 0 Å². The summed E-state index contributed by atoms with van der Waals surface area (Å²) in [5.74, 6) is 0.185. The zero-order valence-corrected chi connectivity index (χ0v) is 18.6. The van der Waals surface area contributed by atoms with Crippen LogP contribution >= 0.6 is 10.6 Å². The van der Waals surface area contributed by atoms with Gasteiger partial charge >= 0.3 is 0 Å². The average Bonchev–Trinajstić information content (AvgIpc) is 3.56. The van der Waals surface area contributed by atoms with Gasteiger partial charge in [-0.3, -0.25) is 18.7 Å².